The summed E-state index contributed by atoms with van der Waals surface area (Å²) in [5.41, 5.74) is 2.84. The largest absolute Gasteiger partial charge is 0.378 e. The summed E-state index contributed by atoms with van der Waals surface area (Å²) in [4.78, 5) is 2.41. The van der Waals surface area contributed by atoms with Crippen LogP contribution in [0.25, 0.3) is 0 Å². The van der Waals surface area contributed by atoms with Gasteiger partial charge < -0.3 is 15.0 Å². The summed E-state index contributed by atoms with van der Waals surface area (Å²) in [6.07, 6.45) is 1.29. The fourth-order valence-corrected chi connectivity index (χ4v) is 2.99. The van der Waals surface area contributed by atoms with Crippen LogP contribution in [-0.4, -0.2) is 44.8 Å². The Balaban J connectivity index is 1.68. The summed E-state index contributed by atoms with van der Waals surface area (Å²) in [5.74, 6) is 0.722. The van der Waals surface area contributed by atoms with Crippen LogP contribution in [0.1, 0.15) is 29.5 Å². The first-order valence-corrected chi connectivity index (χ1v) is 6.92. The Kier molecular flexibility index (Phi) is 3.64. The fourth-order valence-electron chi connectivity index (χ4n) is 2.99. The Bertz CT molecular complexity index is 360. The molecule has 2 aliphatic rings. The van der Waals surface area contributed by atoms with E-state index in [1.807, 2.05) is 0 Å². The zero-order chi connectivity index (χ0) is 12.4. The lowest BCUT2D eigenvalue weighted by Crippen LogP contribution is -2.34. The summed E-state index contributed by atoms with van der Waals surface area (Å²) in [6, 6.07) is 9.50. The third-order valence-corrected chi connectivity index (χ3v) is 4.12. The second-order valence-electron chi connectivity index (χ2n) is 5.50. The molecule has 3 heteroatoms. The molecular weight excluding hydrogens is 224 g/mol. The van der Waals surface area contributed by atoms with Crippen LogP contribution >= 0.6 is 0 Å². The number of nitrogens with zero attached hydrogens (tertiary/aromatic N) is 1. The van der Waals surface area contributed by atoms with E-state index < -0.39 is 0 Å². The third kappa shape index (κ3) is 2.58. The van der Waals surface area contributed by atoms with Gasteiger partial charge in [-0.15, -0.1) is 0 Å². The van der Waals surface area contributed by atoms with Crippen molar-refractivity contribution in [2.75, 3.05) is 39.9 Å². The van der Waals surface area contributed by atoms with E-state index in [0.29, 0.717) is 6.04 Å². The molecule has 2 heterocycles. The van der Waals surface area contributed by atoms with Crippen molar-refractivity contribution in [2.24, 2.45) is 0 Å². The SMILES string of the molecule is CN1CCC(c2ccc(C3COCCN3)cc2)C1. The summed E-state index contributed by atoms with van der Waals surface area (Å²) < 4.78 is 5.51. The van der Waals surface area contributed by atoms with Gasteiger partial charge in [0.1, 0.15) is 0 Å². The van der Waals surface area contributed by atoms with Crippen molar-refractivity contribution in [3.05, 3.63) is 35.4 Å². The Morgan fingerprint density at radius 1 is 1.22 bits per heavy atom. The number of likely N-dealkylation sites (N-methyl/N-ethyl adjacent to an activating group) is 1. The van der Waals surface area contributed by atoms with Gasteiger partial charge in [-0.2, -0.15) is 0 Å². The Morgan fingerprint density at radius 3 is 2.61 bits per heavy atom. The van der Waals surface area contributed by atoms with Gasteiger partial charge in [-0.05, 0) is 37.1 Å². The van der Waals surface area contributed by atoms with E-state index in [-0.39, 0.29) is 0 Å². The van der Waals surface area contributed by atoms with Crippen LogP contribution in [0, 0.1) is 0 Å². The lowest BCUT2D eigenvalue weighted by atomic mass is 9.96. The molecule has 1 N–H and O–H groups in total. The van der Waals surface area contributed by atoms with Crippen LogP contribution in [0.2, 0.25) is 0 Å². The first kappa shape index (κ1) is 12.2. The van der Waals surface area contributed by atoms with E-state index in [4.69, 9.17) is 4.74 Å². The Morgan fingerprint density at radius 2 is 2.00 bits per heavy atom. The molecular formula is C15H22N2O. The van der Waals surface area contributed by atoms with Gasteiger partial charge >= 0.3 is 0 Å². The van der Waals surface area contributed by atoms with Crippen LogP contribution in [0.15, 0.2) is 24.3 Å². The molecule has 2 saturated heterocycles. The highest BCUT2D eigenvalue weighted by Gasteiger charge is 2.21. The van der Waals surface area contributed by atoms with Crippen molar-refractivity contribution in [1.29, 1.82) is 0 Å². The predicted molar refractivity (Wildman–Crippen MR) is 72.9 cm³/mol. The summed E-state index contributed by atoms with van der Waals surface area (Å²) in [6.45, 7) is 5.02. The van der Waals surface area contributed by atoms with Crippen LogP contribution in [0.5, 0.6) is 0 Å². The molecule has 2 aliphatic heterocycles. The lowest BCUT2D eigenvalue weighted by Gasteiger charge is -2.24. The van der Waals surface area contributed by atoms with E-state index in [0.717, 1.165) is 25.7 Å². The van der Waals surface area contributed by atoms with Gasteiger partial charge in [0.15, 0.2) is 0 Å². The molecule has 0 aliphatic carbocycles. The molecule has 3 rings (SSSR count). The molecule has 2 unspecified atom stereocenters. The second-order valence-corrected chi connectivity index (χ2v) is 5.50. The van der Waals surface area contributed by atoms with E-state index in [1.54, 1.807) is 0 Å². The summed E-state index contributed by atoms with van der Waals surface area (Å²) >= 11 is 0. The molecule has 3 nitrogen and oxygen atoms in total. The maximum atomic E-state index is 5.51. The van der Waals surface area contributed by atoms with Crippen molar-refractivity contribution < 1.29 is 4.74 Å². The zero-order valence-electron chi connectivity index (χ0n) is 11.1. The van der Waals surface area contributed by atoms with Crippen LogP contribution in [-0.2, 0) is 4.74 Å². The van der Waals surface area contributed by atoms with Gasteiger partial charge in [-0.3, -0.25) is 0 Å². The van der Waals surface area contributed by atoms with Crippen LogP contribution in [0.3, 0.4) is 0 Å². The Hall–Kier alpha value is -0.900. The maximum absolute atomic E-state index is 5.51. The van der Waals surface area contributed by atoms with Gasteiger partial charge in [-0.25, -0.2) is 0 Å². The highest BCUT2D eigenvalue weighted by molar-refractivity contribution is 5.28. The first-order chi connectivity index (χ1) is 8.83. The molecule has 18 heavy (non-hydrogen) atoms. The minimum atomic E-state index is 0.374. The summed E-state index contributed by atoms with van der Waals surface area (Å²) in [5, 5.41) is 3.50. The fraction of sp³-hybridized carbons (Fsp3) is 0.600. The smallest absolute Gasteiger partial charge is 0.0662 e. The molecule has 2 fully saturated rings. The monoisotopic (exact) mass is 246 g/mol. The second kappa shape index (κ2) is 5.39. The zero-order valence-corrected chi connectivity index (χ0v) is 11.1. The van der Waals surface area contributed by atoms with Crippen molar-refractivity contribution in [3.8, 4) is 0 Å². The molecule has 1 aromatic carbocycles. The van der Waals surface area contributed by atoms with E-state index in [2.05, 4.69) is 41.5 Å². The number of benzene rings is 1. The number of nitrogens with one attached hydrogen (secondary N) is 1. The van der Waals surface area contributed by atoms with Gasteiger partial charge in [-0.1, -0.05) is 24.3 Å². The molecule has 0 radical (unpaired) electrons. The van der Waals surface area contributed by atoms with Gasteiger partial charge in [0.2, 0.25) is 0 Å². The average molecular weight is 246 g/mol. The van der Waals surface area contributed by atoms with Crippen LogP contribution < -0.4 is 5.32 Å². The average Bonchev–Trinajstić information content (AvgIpc) is 2.87. The maximum Gasteiger partial charge on any atom is 0.0662 e. The van der Waals surface area contributed by atoms with E-state index in [1.165, 1.54) is 30.6 Å². The van der Waals surface area contributed by atoms with E-state index >= 15 is 0 Å². The van der Waals surface area contributed by atoms with Crippen molar-refractivity contribution in [3.63, 3.8) is 0 Å². The minimum absolute atomic E-state index is 0.374. The third-order valence-electron chi connectivity index (χ3n) is 4.12. The molecule has 1 aromatic rings. The molecule has 0 aromatic heterocycles. The predicted octanol–water partition coefficient (Wildman–Crippen LogP) is 1.77. The first-order valence-electron chi connectivity index (χ1n) is 6.92. The Labute approximate surface area is 109 Å². The number of hydrogen-bond donors (Lipinski definition) is 1. The van der Waals surface area contributed by atoms with Gasteiger partial charge in [0, 0.05) is 13.1 Å². The molecule has 2 atom stereocenters. The molecule has 0 amide bonds. The standard InChI is InChI=1S/C15H22N2O/c1-17-8-6-14(10-17)12-2-4-13(5-3-12)15-11-18-9-7-16-15/h2-5,14-16H,6-11H2,1H3. The molecule has 0 spiro atoms. The topological polar surface area (TPSA) is 24.5 Å². The highest BCUT2D eigenvalue weighted by Crippen LogP contribution is 2.27. The van der Waals surface area contributed by atoms with Gasteiger partial charge in [0.05, 0.1) is 19.3 Å². The number of rotatable bonds is 2. The number of morpholine rings is 1. The van der Waals surface area contributed by atoms with Crippen molar-refractivity contribution >= 4 is 0 Å². The molecule has 0 saturated carbocycles. The number of likely N-dealkylation sites (tertiary alicyclic amines) is 1. The van der Waals surface area contributed by atoms with Gasteiger partial charge in [0.25, 0.3) is 0 Å². The van der Waals surface area contributed by atoms with Crippen LogP contribution in [0.4, 0.5) is 0 Å². The highest BCUT2D eigenvalue weighted by atomic mass is 16.5. The normalized spacial score (nSPS) is 29.6. The lowest BCUT2D eigenvalue weighted by molar-refractivity contribution is 0.0769. The number of hydrogen-bond acceptors (Lipinski definition) is 3. The molecule has 98 valence electrons. The van der Waals surface area contributed by atoms with E-state index in [9.17, 15) is 0 Å². The van der Waals surface area contributed by atoms with Crippen molar-refractivity contribution in [2.45, 2.75) is 18.4 Å². The van der Waals surface area contributed by atoms with Crippen molar-refractivity contribution in [1.82, 2.24) is 10.2 Å². The molecule has 0 bridgehead atoms. The number of ether oxygens (including phenoxy) is 1. The summed E-state index contributed by atoms with van der Waals surface area (Å²) in [7, 11) is 2.21. The minimum Gasteiger partial charge on any atom is -0.378 e. The quantitative estimate of drug-likeness (QED) is 0.860.